The SMILES string of the molecule is CNc1ccccc1.O=C1CCCN1. The first-order valence-electron chi connectivity index (χ1n) is 4.82. The lowest BCUT2D eigenvalue weighted by molar-refractivity contribution is -0.119. The molecule has 2 rings (SSSR count). The molecule has 0 saturated carbocycles. The van der Waals surface area contributed by atoms with Gasteiger partial charge in [0.25, 0.3) is 0 Å². The molecule has 1 fully saturated rings. The molecule has 14 heavy (non-hydrogen) atoms. The van der Waals surface area contributed by atoms with Crippen molar-refractivity contribution in [1.82, 2.24) is 5.32 Å². The van der Waals surface area contributed by atoms with E-state index in [9.17, 15) is 4.79 Å². The lowest BCUT2D eigenvalue weighted by Crippen LogP contribution is -2.12. The van der Waals surface area contributed by atoms with E-state index in [2.05, 4.69) is 10.6 Å². The van der Waals surface area contributed by atoms with Crippen molar-refractivity contribution in [3.05, 3.63) is 30.3 Å². The number of para-hydroxylation sites is 1. The number of hydrogen-bond acceptors (Lipinski definition) is 2. The van der Waals surface area contributed by atoms with Crippen molar-refractivity contribution < 1.29 is 4.79 Å². The van der Waals surface area contributed by atoms with E-state index in [4.69, 9.17) is 0 Å². The highest BCUT2D eigenvalue weighted by atomic mass is 16.1. The van der Waals surface area contributed by atoms with Crippen molar-refractivity contribution in [3.63, 3.8) is 0 Å². The molecule has 0 radical (unpaired) electrons. The Labute approximate surface area is 84.5 Å². The number of nitrogens with one attached hydrogen (secondary N) is 2. The molecule has 0 unspecified atom stereocenters. The van der Waals surface area contributed by atoms with Crippen LogP contribution in [0.4, 0.5) is 5.69 Å². The van der Waals surface area contributed by atoms with Crippen molar-refractivity contribution in [1.29, 1.82) is 0 Å². The first kappa shape index (κ1) is 10.6. The van der Waals surface area contributed by atoms with Crippen LogP contribution in [0.15, 0.2) is 30.3 Å². The number of benzene rings is 1. The van der Waals surface area contributed by atoms with Crippen LogP contribution in [0, 0.1) is 0 Å². The Morgan fingerprint density at radius 2 is 2.00 bits per heavy atom. The minimum atomic E-state index is 0.204. The number of amides is 1. The summed E-state index contributed by atoms with van der Waals surface area (Å²) in [6.07, 6.45) is 1.76. The van der Waals surface area contributed by atoms with Gasteiger partial charge in [0.15, 0.2) is 0 Å². The van der Waals surface area contributed by atoms with E-state index >= 15 is 0 Å². The fraction of sp³-hybridized carbons (Fsp3) is 0.364. The van der Waals surface area contributed by atoms with E-state index in [0.717, 1.165) is 25.1 Å². The van der Waals surface area contributed by atoms with Gasteiger partial charge in [0, 0.05) is 25.7 Å². The second-order valence-corrected chi connectivity index (χ2v) is 3.07. The summed E-state index contributed by atoms with van der Waals surface area (Å²) in [5.74, 6) is 0.204. The van der Waals surface area contributed by atoms with Gasteiger partial charge in [-0.15, -0.1) is 0 Å². The smallest absolute Gasteiger partial charge is 0.220 e. The second-order valence-electron chi connectivity index (χ2n) is 3.07. The quantitative estimate of drug-likeness (QED) is 0.710. The fourth-order valence-electron chi connectivity index (χ4n) is 1.17. The van der Waals surface area contributed by atoms with Crippen molar-refractivity contribution in [2.75, 3.05) is 18.9 Å². The van der Waals surface area contributed by atoms with Gasteiger partial charge in [0.2, 0.25) is 5.91 Å². The van der Waals surface area contributed by atoms with E-state index in [1.165, 1.54) is 0 Å². The molecular formula is C11H16N2O. The molecule has 0 aliphatic carbocycles. The zero-order valence-corrected chi connectivity index (χ0v) is 8.42. The lowest BCUT2D eigenvalue weighted by atomic mass is 10.3. The van der Waals surface area contributed by atoms with Crippen LogP contribution >= 0.6 is 0 Å². The van der Waals surface area contributed by atoms with E-state index < -0.39 is 0 Å². The van der Waals surface area contributed by atoms with Gasteiger partial charge in [0.05, 0.1) is 0 Å². The number of hydrogen-bond donors (Lipinski definition) is 2. The zero-order chi connectivity index (χ0) is 10.2. The number of anilines is 1. The Hall–Kier alpha value is -1.51. The van der Waals surface area contributed by atoms with E-state index in [1.54, 1.807) is 0 Å². The Balaban J connectivity index is 0.000000146. The Morgan fingerprint density at radius 1 is 1.29 bits per heavy atom. The molecule has 1 heterocycles. The Bertz CT molecular complexity index is 264. The molecule has 1 aliphatic heterocycles. The Kier molecular flexibility index (Phi) is 4.55. The molecule has 76 valence electrons. The van der Waals surface area contributed by atoms with Gasteiger partial charge in [-0.1, -0.05) is 18.2 Å². The average Bonchev–Trinajstić information content (AvgIpc) is 2.71. The van der Waals surface area contributed by atoms with Crippen LogP contribution in [0.5, 0.6) is 0 Å². The summed E-state index contributed by atoms with van der Waals surface area (Å²) in [4.78, 5) is 10.1. The number of rotatable bonds is 1. The van der Waals surface area contributed by atoms with Gasteiger partial charge in [-0.05, 0) is 18.6 Å². The third kappa shape index (κ3) is 3.94. The normalized spacial score (nSPS) is 13.9. The molecule has 0 atom stereocenters. The minimum Gasteiger partial charge on any atom is -0.388 e. The van der Waals surface area contributed by atoms with Crippen LogP contribution in [-0.4, -0.2) is 19.5 Å². The zero-order valence-electron chi connectivity index (χ0n) is 8.42. The molecule has 0 bridgehead atoms. The summed E-state index contributed by atoms with van der Waals surface area (Å²) >= 11 is 0. The second kappa shape index (κ2) is 6.02. The predicted octanol–water partition coefficient (Wildman–Crippen LogP) is 1.62. The summed E-state index contributed by atoms with van der Waals surface area (Å²) < 4.78 is 0. The van der Waals surface area contributed by atoms with Crippen LogP contribution in [0.3, 0.4) is 0 Å². The monoisotopic (exact) mass is 192 g/mol. The van der Waals surface area contributed by atoms with Crippen molar-refractivity contribution in [2.45, 2.75) is 12.8 Å². The molecule has 1 aromatic carbocycles. The van der Waals surface area contributed by atoms with Crippen molar-refractivity contribution in [3.8, 4) is 0 Å². The summed E-state index contributed by atoms with van der Waals surface area (Å²) in [5, 5.41) is 5.71. The average molecular weight is 192 g/mol. The van der Waals surface area contributed by atoms with Crippen molar-refractivity contribution in [2.24, 2.45) is 0 Å². The number of carbonyl (C=O) groups is 1. The molecule has 3 heteroatoms. The highest BCUT2D eigenvalue weighted by molar-refractivity contribution is 5.77. The molecular weight excluding hydrogens is 176 g/mol. The largest absolute Gasteiger partial charge is 0.388 e. The number of carbonyl (C=O) groups excluding carboxylic acids is 1. The van der Waals surface area contributed by atoms with Crippen LogP contribution in [-0.2, 0) is 4.79 Å². The summed E-state index contributed by atoms with van der Waals surface area (Å²) in [7, 11) is 1.91. The van der Waals surface area contributed by atoms with Crippen LogP contribution in [0.25, 0.3) is 0 Å². The standard InChI is InChI=1S/C7H9N.C4H7NO/c1-8-7-5-3-2-4-6-7;6-4-2-1-3-5-4/h2-6,8H,1H3;1-3H2,(H,5,6). The highest BCUT2D eigenvalue weighted by Gasteiger charge is 2.05. The van der Waals surface area contributed by atoms with Gasteiger partial charge < -0.3 is 10.6 Å². The van der Waals surface area contributed by atoms with Gasteiger partial charge in [-0.2, -0.15) is 0 Å². The van der Waals surface area contributed by atoms with Gasteiger partial charge >= 0.3 is 0 Å². The summed E-state index contributed by atoms with van der Waals surface area (Å²) in [6.45, 7) is 0.888. The van der Waals surface area contributed by atoms with E-state index in [-0.39, 0.29) is 5.91 Å². The molecule has 1 aliphatic rings. The van der Waals surface area contributed by atoms with Crippen LogP contribution in [0.1, 0.15) is 12.8 Å². The molecule has 0 aromatic heterocycles. The molecule has 1 amide bonds. The summed E-state index contributed by atoms with van der Waals surface area (Å²) in [6, 6.07) is 10.1. The summed E-state index contributed by atoms with van der Waals surface area (Å²) in [5.41, 5.74) is 1.16. The van der Waals surface area contributed by atoms with E-state index in [0.29, 0.717) is 0 Å². The maximum atomic E-state index is 10.1. The van der Waals surface area contributed by atoms with Crippen molar-refractivity contribution >= 4 is 11.6 Å². The van der Waals surface area contributed by atoms with E-state index in [1.807, 2.05) is 37.4 Å². The first-order valence-corrected chi connectivity index (χ1v) is 4.82. The molecule has 0 spiro atoms. The third-order valence-electron chi connectivity index (χ3n) is 1.97. The van der Waals surface area contributed by atoms with Crippen LogP contribution in [0.2, 0.25) is 0 Å². The lowest BCUT2D eigenvalue weighted by Gasteiger charge is -1.94. The van der Waals surface area contributed by atoms with Gasteiger partial charge in [-0.3, -0.25) is 4.79 Å². The first-order chi connectivity index (χ1) is 6.83. The molecule has 1 saturated heterocycles. The minimum absolute atomic E-state index is 0.204. The fourth-order valence-corrected chi connectivity index (χ4v) is 1.17. The van der Waals surface area contributed by atoms with Gasteiger partial charge in [0.1, 0.15) is 0 Å². The maximum Gasteiger partial charge on any atom is 0.220 e. The topological polar surface area (TPSA) is 41.1 Å². The highest BCUT2D eigenvalue weighted by Crippen LogP contribution is 2.01. The Morgan fingerprint density at radius 3 is 2.29 bits per heavy atom. The van der Waals surface area contributed by atoms with Gasteiger partial charge in [-0.25, -0.2) is 0 Å². The molecule has 2 N–H and O–H groups in total. The predicted molar refractivity (Wildman–Crippen MR) is 58.2 cm³/mol. The third-order valence-corrected chi connectivity index (χ3v) is 1.97. The van der Waals surface area contributed by atoms with Crippen LogP contribution < -0.4 is 10.6 Å². The molecule has 3 nitrogen and oxygen atoms in total. The maximum absolute atomic E-state index is 10.1. The molecule has 1 aromatic rings.